The third-order valence-corrected chi connectivity index (χ3v) is 3.53. The molecule has 0 radical (unpaired) electrons. The van der Waals surface area contributed by atoms with E-state index >= 15 is 0 Å². The Hall–Kier alpha value is -1.67. The van der Waals surface area contributed by atoms with Crippen molar-refractivity contribution in [1.29, 1.82) is 0 Å². The first-order chi connectivity index (χ1) is 9.54. The maximum Gasteiger partial charge on any atom is 0.123 e. The minimum Gasteiger partial charge on any atom is -0.307 e. The number of aryl methyl sites for hydroxylation is 1. The third-order valence-electron chi connectivity index (χ3n) is 3.53. The molecular weight excluding hydrogens is 249 g/mol. The summed E-state index contributed by atoms with van der Waals surface area (Å²) < 4.78 is 12.9. The average molecular weight is 271 g/mol. The van der Waals surface area contributed by atoms with Crippen LogP contribution in [0.2, 0.25) is 0 Å². The van der Waals surface area contributed by atoms with E-state index in [1.54, 1.807) is 0 Å². The highest BCUT2D eigenvalue weighted by Crippen LogP contribution is 2.15. The van der Waals surface area contributed by atoms with Crippen molar-refractivity contribution in [3.63, 3.8) is 0 Å². The molecule has 0 aromatic heterocycles. The average Bonchev–Trinajstić information content (AvgIpc) is 2.41. The Bertz CT molecular complexity index is 548. The summed E-state index contributed by atoms with van der Waals surface area (Å²) in [4.78, 5) is 0. The Balaban J connectivity index is 1.93. The number of hydrogen-bond acceptors (Lipinski definition) is 1. The van der Waals surface area contributed by atoms with Crippen molar-refractivity contribution in [1.82, 2.24) is 5.32 Å². The minimum atomic E-state index is -0.178. The van der Waals surface area contributed by atoms with Crippen LogP contribution in [0.1, 0.15) is 36.6 Å². The standard InChI is InChI=1S/C18H22FN/c1-13-5-4-6-17(11-13)15(3)20-14(2)12-16-7-9-18(19)10-8-16/h4-11,14-15,20H,12H2,1-3H3/t14?,15-/m0/s1. The lowest BCUT2D eigenvalue weighted by molar-refractivity contribution is 0.477. The summed E-state index contributed by atoms with van der Waals surface area (Å²) in [6.07, 6.45) is 0.899. The Morgan fingerprint density at radius 3 is 2.40 bits per heavy atom. The quantitative estimate of drug-likeness (QED) is 0.849. The normalized spacial score (nSPS) is 14.0. The molecule has 0 bridgehead atoms. The molecule has 0 saturated carbocycles. The topological polar surface area (TPSA) is 12.0 Å². The van der Waals surface area contributed by atoms with Crippen LogP contribution in [-0.4, -0.2) is 6.04 Å². The largest absolute Gasteiger partial charge is 0.307 e. The molecule has 1 N–H and O–H groups in total. The van der Waals surface area contributed by atoms with E-state index in [4.69, 9.17) is 0 Å². The highest BCUT2D eigenvalue weighted by molar-refractivity contribution is 5.25. The van der Waals surface area contributed by atoms with Crippen LogP contribution in [0.4, 0.5) is 4.39 Å². The third kappa shape index (κ3) is 4.17. The lowest BCUT2D eigenvalue weighted by atomic mass is 10.0. The van der Waals surface area contributed by atoms with Crippen molar-refractivity contribution in [2.45, 2.75) is 39.3 Å². The van der Waals surface area contributed by atoms with Gasteiger partial charge in [-0.25, -0.2) is 4.39 Å². The van der Waals surface area contributed by atoms with Crippen molar-refractivity contribution >= 4 is 0 Å². The molecule has 0 saturated heterocycles. The first-order valence-corrected chi connectivity index (χ1v) is 7.11. The van der Waals surface area contributed by atoms with Gasteiger partial charge in [-0.15, -0.1) is 0 Å². The molecule has 2 rings (SSSR count). The zero-order valence-electron chi connectivity index (χ0n) is 12.4. The zero-order valence-corrected chi connectivity index (χ0v) is 12.4. The van der Waals surface area contributed by atoms with Crippen LogP contribution in [0.15, 0.2) is 48.5 Å². The molecule has 106 valence electrons. The van der Waals surface area contributed by atoms with E-state index in [0.29, 0.717) is 12.1 Å². The lowest BCUT2D eigenvalue weighted by Gasteiger charge is -2.21. The van der Waals surface area contributed by atoms with Gasteiger partial charge in [-0.3, -0.25) is 0 Å². The summed E-state index contributed by atoms with van der Waals surface area (Å²) in [6.45, 7) is 6.45. The molecule has 1 nitrogen and oxygen atoms in total. The molecule has 0 aliphatic heterocycles. The fourth-order valence-corrected chi connectivity index (χ4v) is 2.50. The zero-order chi connectivity index (χ0) is 14.5. The Morgan fingerprint density at radius 1 is 1.05 bits per heavy atom. The van der Waals surface area contributed by atoms with Gasteiger partial charge >= 0.3 is 0 Å². The molecule has 2 aromatic carbocycles. The molecule has 2 aromatic rings. The Labute approximate surface area is 120 Å². The van der Waals surface area contributed by atoms with Gasteiger partial charge < -0.3 is 5.32 Å². The van der Waals surface area contributed by atoms with Gasteiger partial charge in [0.1, 0.15) is 5.82 Å². The molecule has 2 heteroatoms. The first-order valence-electron chi connectivity index (χ1n) is 7.11. The fraction of sp³-hybridized carbons (Fsp3) is 0.333. The summed E-state index contributed by atoms with van der Waals surface area (Å²) in [6, 6.07) is 16.0. The Morgan fingerprint density at radius 2 is 1.75 bits per heavy atom. The second kappa shape index (κ2) is 6.67. The van der Waals surface area contributed by atoms with Crippen molar-refractivity contribution < 1.29 is 4.39 Å². The van der Waals surface area contributed by atoms with Crippen LogP contribution in [-0.2, 0) is 6.42 Å². The molecule has 0 aliphatic rings. The summed E-state index contributed by atoms with van der Waals surface area (Å²) in [5.41, 5.74) is 3.74. The van der Waals surface area contributed by atoms with Gasteiger partial charge in [-0.1, -0.05) is 42.0 Å². The summed E-state index contributed by atoms with van der Waals surface area (Å²) in [7, 11) is 0. The minimum absolute atomic E-state index is 0.178. The maximum absolute atomic E-state index is 12.9. The lowest BCUT2D eigenvalue weighted by Crippen LogP contribution is -2.30. The number of benzene rings is 2. The second-order valence-corrected chi connectivity index (χ2v) is 5.53. The van der Waals surface area contributed by atoms with Crippen molar-refractivity contribution in [3.05, 3.63) is 71.0 Å². The number of halogens is 1. The maximum atomic E-state index is 12.9. The van der Waals surface area contributed by atoms with Crippen molar-refractivity contribution in [2.24, 2.45) is 0 Å². The van der Waals surface area contributed by atoms with Crippen LogP contribution in [0, 0.1) is 12.7 Å². The molecule has 0 heterocycles. The van der Waals surface area contributed by atoms with Gasteiger partial charge in [0, 0.05) is 12.1 Å². The molecule has 0 spiro atoms. The molecule has 2 atom stereocenters. The van der Waals surface area contributed by atoms with Crippen LogP contribution in [0.3, 0.4) is 0 Å². The molecule has 0 fully saturated rings. The van der Waals surface area contributed by atoms with Gasteiger partial charge in [0.25, 0.3) is 0 Å². The van der Waals surface area contributed by atoms with E-state index in [1.807, 2.05) is 12.1 Å². The van der Waals surface area contributed by atoms with E-state index in [1.165, 1.54) is 23.3 Å². The van der Waals surface area contributed by atoms with Crippen LogP contribution >= 0.6 is 0 Å². The molecule has 20 heavy (non-hydrogen) atoms. The van der Waals surface area contributed by atoms with Crippen LogP contribution in [0.5, 0.6) is 0 Å². The molecule has 0 aliphatic carbocycles. The summed E-state index contributed by atoms with van der Waals surface area (Å²) in [5.74, 6) is -0.178. The SMILES string of the molecule is Cc1cccc([C@H](C)NC(C)Cc2ccc(F)cc2)c1. The summed E-state index contributed by atoms with van der Waals surface area (Å²) >= 11 is 0. The van der Waals surface area contributed by atoms with E-state index in [9.17, 15) is 4.39 Å². The number of hydrogen-bond donors (Lipinski definition) is 1. The van der Waals surface area contributed by atoms with Gasteiger partial charge in [0.05, 0.1) is 0 Å². The molecule has 0 amide bonds. The fourth-order valence-electron chi connectivity index (χ4n) is 2.50. The van der Waals surface area contributed by atoms with Crippen molar-refractivity contribution in [2.75, 3.05) is 0 Å². The number of nitrogens with one attached hydrogen (secondary N) is 1. The monoisotopic (exact) mass is 271 g/mol. The Kier molecular flexibility index (Phi) is 4.91. The smallest absolute Gasteiger partial charge is 0.123 e. The molecule has 1 unspecified atom stereocenters. The number of rotatable bonds is 5. The van der Waals surface area contributed by atoms with Gasteiger partial charge in [-0.2, -0.15) is 0 Å². The second-order valence-electron chi connectivity index (χ2n) is 5.53. The first kappa shape index (κ1) is 14.7. The van der Waals surface area contributed by atoms with Gasteiger partial charge in [0.15, 0.2) is 0 Å². The van der Waals surface area contributed by atoms with E-state index in [2.05, 4.69) is 50.4 Å². The van der Waals surface area contributed by atoms with Gasteiger partial charge in [-0.05, 0) is 50.5 Å². The van der Waals surface area contributed by atoms with E-state index < -0.39 is 0 Å². The van der Waals surface area contributed by atoms with E-state index in [0.717, 1.165) is 12.0 Å². The van der Waals surface area contributed by atoms with Crippen LogP contribution < -0.4 is 5.32 Å². The highest BCUT2D eigenvalue weighted by atomic mass is 19.1. The molecular formula is C18H22FN. The van der Waals surface area contributed by atoms with Crippen molar-refractivity contribution in [3.8, 4) is 0 Å². The van der Waals surface area contributed by atoms with Gasteiger partial charge in [0.2, 0.25) is 0 Å². The predicted molar refractivity (Wildman–Crippen MR) is 82.3 cm³/mol. The summed E-state index contributed by atoms with van der Waals surface area (Å²) in [5, 5.41) is 3.59. The van der Waals surface area contributed by atoms with Crippen LogP contribution in [0.25, 0.3) is 0 Å². The predicted octanol–water partition coefficient (Wildman–Crippen LogP) is 4.42. The van der Waals surface area contributed by atoms with E-state index in [-0.39, 0.29) is 5.82 Å². The highest BCUT2D eigenvalue weighted by Gasteiger charge is 2.10.